The van der Waals surface area contributed by atoms with Gasteiger partial charge in [-0.15, -0.1) is 0 Å². The van der Waals surface area contributed by atoms with E-state index in [1.165, 1.54) is 0 Å². The van der Waals surface area contributed by atoms with Gasteiger partial charge in [-0.05, 0) is 24.5 Å². The number of aliphatic hydroxyl groups excluding tert-OH is 1. The third-order valence-electron chi connectivity index (χ3n) is 2.33. The van der Waals surface area contributed by atoms with Crippen LogP contribution in [0.5, 0.6) is 0 Å². The van der Waals surface area contributed by atoms with Gasteiger partial charge in [0.1, 0.15) is 0 Å². The minimum Gasteiger partial charge on any atom is -0.392 e. The lowest BCUT2D eigenvalue weighted by Gasteiger charge is -2.17. The molecule has 0 aliphatic rings. The molecule has 1 rings (SSSR count). The average Bonchev–Trinajstić information content (AvgIpc) is 2.20. The first kappa shape index (κ1) is 11.5. The van der Waals surface area contributed by atoms with Gasteiger partial charge in [-0.1, -0.05) is 36.7 Å². The van der Waals surface area contributed by atoms with E-state index in [-0.39, 0.29) is 6.04 Å². The molecule has 0 fully saturated rings. The van der Waals surface area contributed by atoms with E-state index in [1.807, 2.05) is 31.2 Å². The molecule has 3 N–H and O–H groups in total. The number of hydrogen-bond acceptors (Lipinski definition) is 2. The van der Waals surface area contributed by atoms with E-state index in [2.05, 4.69) is 0 Å². The van der Waals surface area contributed by atoms with E-state index in [0.29, 0.717) is 17.9 Å². The van der Waals surface area contributed by atoms with Crippen LogP contribution in [0.4, 0.5) is 0 Å². The molecule has 0 aliphatic carbocycles. The Morgan fingerprint density at radius 2 is 2.07 bits per heavy atom. The van der Waals surface area contributed by atoms with Crippen molar-refractivity contribution in [2.45, 2.75) is 31.9 Å². The molecule has 2 nitrogen and oxygen atoms in total. The maximum Gasteiger partial charge on any atom is 0.0691 e. The van der Waals surface area contributed by atoms with E-state index >= 15 is 0 Å². The molecule has 0 aliphatic heterocycles. The molecule has 0 saturated carbocycles. The second-order valence-electron chi connectivity index (χ2n) is 3.43. The molecule has 1 aromatic rings. The Balaban J connectivity index is 2.64. The quantitative estimate of drug-likeness (QED) is 0.804. The van der Waals surface area contributed by atoms with Crippen molar-refractivity contribution >= 4 is 11.6 Å². The fraction of sp³-hybridized carbons (Fsp3) is 0.455. The Kier molecular flexibility index (Phi) is 4.39. The zero-order chi connectivity index (χ0) is 10.6. The van der Waals surface area contributed by atoms with Crippen LogP contribution in [-0.4, -0.2) is 17.3 Å². The summed E-state index contributed by atoms with van der Waals surface area (Å²) >= 11 is 5.98. The van der Waals surface area contributed by atoms with E-state index in [0.717, 1.165) is 5.56 Å². The lowest BCUT2D eigenvalue weighted by atomic mass is 10.0. The van der Waals surface area contributed by atoms with Gasteiger partial charge in [0.25, 0.3) is 0 Å². The van der Waals surface area contributed by atoms with Gasteiger partial charge in [0.15, 0.2) is 0 Å². The summed E-state index contributed by atoms with van der Waals surface area (Å²) in [4.78, 5) is 0. The molecule has 0 radical (unpaired) electrons. The fourth-order valence-corrected chi connectivity index (χ4v) is 1.57. The van der Waals surface area contributed by atoms with E-state index in [1.54, 1.807) is 0 Å². The first-order valence-electron chi connectivity index (χ1n) is 4.82. The molecule has 1 aromatic carbocycles. The third-order valence-corrected chi connectivity index (χ3v) is 2.69. The Bertz CT molecular complexity index is 290. The minimum atomic E-state index is -0.453. The Hall–Kier alpha value is -0.570. The molecule has 14 heavy (non-hydrogen) atoms. The number of benzene rings is 1. The first-order chi connectivity index (χ1) is 6.65. The van der Waals surface area contributed by atoms with Crippen LogP contribution in [0, 0.1) is 0 Å². The fourth-order valence-electron chi connectivity index (χ4n) is 1.36. The van der Waals surface area contributed by atoms with Crippen molar-refractivity contribution < 1.29 is 5.11 Å². The number of nitrogens with two attached hydrogens (primary N) is 1. The second kappa shape index (κ2) is 5.35. The Morgan fingerprint density at radius 3 is 2.64 bits per heavy atom. The molecular weight excluding hydrogens is 198 g/mol. The molecule has 0 aromatic heterocycles. The van der Waals surface area contributed by atoms with E-state index in [4.69, 9.17) is 17.3 Å². The lowest BCUT2D eigenvalue weighted by molar-refractivity contribution is 0.140. The highest BCUT2D eigenvalue weighted by molar-refractivity contribution is 6.31. The Labute approximate surface area is 89.7 Å². The highest BCUT2D eigenvalue weighted by atomic mass is 35.5. The van der Waals surface area contributed by atoms with E-state index < -0.39 is 6.10 Å². The molecule has 2 atom stereocenters. The summed E-state index contributed by atoms with van der Waals surface area (Å²) in [6.45, 7) is 1.91. The molecule has 0 heterocycles. The minimum absolute atomic E-state index is 0.236. The summed E-state index contributed by atoms with van der Waals surface area (Å²) < 4.78 is 0. The van der Waals surface area contributed by atoms with Crippen LogP contribution >= 0.6 is 11.6 Å². The summed E-state index contributed by atoms with van der Waals surface area (Å²) in [5.74, 6) is 0. The van der Waals surface area contributed by atoms with Crippen LogP contribution in [0.1, 0.15) is 18.9 Å². The smallest absolute Gasteiger partial charge is 0.0691 e. The standard InChI is InChI=1S/C11H16ClNO/c1-2-11(14)10(13)7-8-5-3-4-6-9(8)12/h3-6,10-11,14H,2,7,13H2,1H3. The van der Waals surface area contributed by atoms with Gasteiger partial charge >= 0.3 is 0 Å². The van der Waals surface area contributed by atoms with Gasteiger partial charge < -0.3 is 10.8 Å². The van der Waals surface area contributed by atoms with Crippen molar-refractivity contribution in [2.24, 2.45) is 5.73 Å². The predicted molar refractivity (Wildman–Crippen MR) is 59.4 cm³/mol. The monoisotopic (exact) mass is 213 g/mol. The van der Waals surface area contributed by atoms with Gasteiger partial charge in [0.05, 0.1) is 6.10 Å². The summed E-state index contributed by atoms with van der Waals surface area (Å²) in [6.07, 6.45) is 0.839. The van der Waals surface area contributed by atoms with Crippen LogP contribution in [0.15, 0.2) is 24.3 Å². The number of rotatable bonds is 4. The van der Waals surface area contributed by atoms with Crippen molar-refractivity contribution in [3.05, 3.63) is 34.9 Å². The molecule has 0 bridgehead atoms. The summed E-state index contributed by atoms with van der Waals surface area (Å²) in [7, 11) is 0. The zero-order valence-electron chi connectivity index (χ0n) is 8.28. The van der Waals surface area contributed by atoms with Crippen molar-refractivity contribution in [3.63, 3.8) is 0 Å². The summed E-state index contributed by atoms with van der Waals surface area (Å²) in [6, 6.07) is 7.34. The highest BCUT2D eigenvalue weighted by Crippen LogP contribution is 2.17. The predicted octanol–water partition coefficient (Wildman–Crippen LogP) is 1.98. The molecule has 0 spiro atoms. The topological polar surface area (TPSA) is 46.2 Å². The zero-order valence-corrected chi connectivity index (χ0v) is 9.04. The van der Waals surface area contributed by atoms with Gasteiger partial charge in [0, 0.05) is 11.1 Å². The van der Waals surface area contributed by atoms with Gasteiger partial charge in [0.2, 0.25) is 0 Å². The van der Waals surface area contributed by atoms with Crippen LogP contribution in [0.25, 0.3) is 0 Å². The average molecular weight is 214 g/mol. The van der Waals surface area contributed by atoms with Crippen LogP contribution in [0.2, 0.25) is 5.02 Å². The number of aliphatic hydroxyl groups is 1. The second-order valence-corrected chi connectivity index (χ2v) is 3.84. The maximum absolute atomic E-state index is 9.51. The third kappa shape index (κ3) is 2.98. The van der Waals surface area contributed by atoms with Gasteiger partial charge in [-0.3, -0.25) is 0 Å². The van der Waals surface area contributed by atoms with Crippen LogP contribution < -0.4 is 5.73 Å². The van der Waals surface area contributed by atoms with Crippen LogP contribution in [-0.2, 0) is 6.42 Å². The maximum atomic E-state index is 9.51. The molecular formula is C11H16ClNO. The molecule has 2 unspecified atom stereocenters. The molecule has 3 heteroatoms. The number of halogens is 1. The summed E-state index contributed by atoms with van der Waals surface area (Å²) in [5, 5.41) is 10.2. The van der Waals surface area contributed by atoms with Crippen molar-refractivity contribution in [1.29, 1.82) is 0 Å². The van der Waals surface area contributed by atoms with Crippen molar-refractivity contribution in [2.75, 3.05) is 0 Å². The van der Waals surface area contributed by atoms with Crippen LogP contribution in [0.3, 0.4) is 0 Å². The lowest BCUT2D eigenvalue weighted by Crippen LogP contribution is -2.36. The van der Waals surface area contributed by atoms with Gasteiger partial charge in [-0.2, -0.15) is 0 Å². The summed E-state index contributed by atoms with van der Waals surface area (Å²) in [5.41, 5.74) is 6.81. The largest absolute Gasteiger partial charge is 0.392 e. The Morgan fingerprint density at radius 1 is 1.43 bits per heavy atom. The molecule has 0 saturated heterocycles. The highest BCUT2D eigenvalue weighted by Gasteiger charge is 2.14. The normalized spacial score (nSPS) is 15.1. The van der Waals surface area contributed by atoms with Crippen molar-refractivity contribution in [3.8, 4) is 0 Å². The SMILES string of the molecule is CCC(O)C(N)Cc1ccccc1Cl. The van der Waals surface area contributed by atoms with Gasteiger partial charge in [-0.25, -0.2) is 0 Å². The van der Waals surface area contributed by atoms with Crippen molar-refractivity contribution in [1.82, 2.24) is 0 Å². The molecule has 78 valence electrons. The molecule has 0 amide bonds. The first-order valence-corrected chi connectivity index (χ1v) is 5.20. The van der Waals surface area contributed by atoms with E-state index in [9.17, 15) is 5.11 Å². The number of hydrogen-bond donors (Lipinski definition) is 2.